The summed E-state index contributed by atoms with van der Waals surface area (Å²) < 4.78 is 0. The van der Waals surface area contributed by atoms with Gasteiger partial charge in [0, 0.05) is 18.6 Å². The number of rotatable bonds is 5. The van der Waals surface area contributed by atoms with Crippen LogP contribution >= 0.6 is 11.8 Å². The van der Waals surface area contributed by atoms with E-state index in [0.29, 0.717) is 18.6 Å². The monoisotopic (exact) mass is 388 g/mol. The third-order valence-electron chi connectivity index (χ3n) is 5.68. The van der Waals surface area contributed by atoms with Crippen LogP contribution in [0.25, 0.3) is 0 Å². The van der Waals surface area contributed by atoms with Crippen molar-refractivity contribution in [3.63, 3.8) is 0 Å². The molecule has 0 saturated carbocycles. The minimum atomic E-state index is -1.03. The summed E-state index contributed by atoms with van der Waals surface area (Å²) in [6, 6.07) is 8.81. The number of carbonyl (C=O) groups is 3. The second kappa shape index (κ2) is 7.16. The van der Waals surface area contributed by atoms with Gasteiger partial charge in [-0.3, -0.25) is 14.4 Å². The fourth-order valence-electron chi connectivity index (χ4n) is 4.32. The van der Waals surface area contributed by atoms with Gasteiger partial charge >= 0.3 is 0 Å². The fourth-order valence-corrected chi connectivity index (χ4v) is 5.85. The molecule has 0 radical (unpaired) electrons. The van der Waals surface area contributed by atoms with E-state index < -0.39 is 17.5 Å². The molecular formula is C19H24N4O3S. The van der Waals surface area contributed by atoms with E-state index in [0.717, 1.165) is 24.9 Å². The van der Waals surface area contributed by atoms with Crippen LogP contribution in [-0.4, -0.2) is 57.9 Å². The van der Waals surface area contributed by atoms with Gasteiger partial charge in [-0.15, -0.1) is 11.8 Å². The molecule has 4 rings (SSSR count). The molecule has 7 nitrogen and oxygen atoms in total. The van der Waals surface area contributed by atoms with Crippen LogP contribution in [0.3, 0.4) is 0 Å². The molecule has 0 spiro atoms. The summed E-state index contributed by atoms with van der Waals surface area (Å²) in [5, 5.41) is 6.12. The number of nitrogens with one attached hydrogen (secondary N) is 2. The van der Waals surface area contributed by atoms with E-state index in [1.165, 1.54) is 0 Å². The molecule has 0 aliphatic carbocycles. The average Bonchev–Trinajstić information content (AvgIpc) is 3.35. The first kappa shape index (κ1) is 18.3. The van der Waals surface area contributed by atoms with Crippen LogP contribution in [0.4, 0.5) is 0 Å². The Bertz CT molecular complexity index is 753. The molecule has 3 fully saturated rings. The lowest BCUT2D eigenvalue weighted by Gasteiger charge is -2.31. The highest BCUT2D eigenvalue weighted by Crippen LogP contribution is 2.43. The molecule has 3 aliphatic heterocycles. The minimum absolute atomic E-state index is 0.129. The van der Waals surface area contributed by atoms with Crippen molar-refractivity contribution in [1.29, 1.82) is 0 Å². The van der Waals surface area contributed by atoms with Gasteiger partial charge in [0.1, 0.15) is 11.6 Å². The molecule has 3 heterocycles. The van der Waals surface area contributed by atoms with E-state index in [1.54, 1.807) is 16.7 Å². The van der Waals surface area contributed by atoms with Crippen molar-refractivity contribution in [2.75, 3.05) is 12.3 Å². The quantitative estimate of drug-likeness (QED) is 0.658. The van der Waals surface area contributed by atoms with Gasteiger partial charge in [-0.1, -0.05) is 30.3 Å². The van der Waals surface area contributed by atoms with Crippen molar-refractivity contribution >= 4 is 29.5 Å². The predicted molar refractivity (Wildman–Crippen MR) is 103 cm³/mol. The van der Waals surface area contributed by atoms with Crippen molar-refractivity contribution in [3.8, 4) is 0 Å². The molecular weight excluding hydrogens is 364 g/mol. The summed E-state index contributed by atoms with van der Waals surface area (Å²) in [6.07, 6.45) is 2.61. The third kappa shape index (κ3) is 3.32. The topological polar surface area (TPSA) is 105 Å². The van der Waals surface area contributed by atoms with Crippen LogP contribution in [0.15, 0.2) is 30.3 Å². The van der Waals surface area contributed by atoms with E-state index >= 15 is 0 Å². The SMILES string of the molecule is NC(=O)[C@H]1CS[C@@H]2C[C@@](Cc3ccccc3)(NC(=O)[C@@H]3CCCN3)C(=O)N12. The number of primary amides is 1. The Morgan fingerprint density at radius 1 is 1.33 bits per heavy atom. The van der Waals surface area contributed by atoms with Gasteiger partial charge in [0.25, 0.3) is 0 Å². The van der Waals surface area contributed by atoms with Crippen molar-refractivity contribution in [2.24, 2.45) is 5.73 Å². The summed E-state index contributed by atoms with van der Waals surface area (Å²) in [4.78, 5) is 39.7. The Kier molecular flexibility index (Phi) is 4.86. The standard InChI is InChI=1S/C19H24N4O3S/c20-16(24)14-11-27-15-10-19(18(26)23(14)15,9-12-5-2-1-3-6-12)22-17(25)13-7-4-8-21-13/h1-3,5-6,13-15,21H,4,7-11H2,(H2,20,24)(H,22,25)/t13-,14+,15+,19+/m0/s1. The number of hydrogen-bond donors (Lipinski definition) is 3. The molecule has 0 bridgehead atoms. The number of nitrogens with zero attached hydrogens (tertiary/aromatic N) is 1. The van der Waals surface area contributed by atoms with E-state index in [9.17, 15) is 14.4 Å². The van der Waals surface area contributed by atoms with Crippen LogP contribution in [0.1, 0.15) is 24.8 Å². The van der Waals surface area contributed by atoms with Gasteiger partial charge in [0.2, 0.25) is 17.7 Å². The van der Waals surface area contributed by atoms with Gasteiger partial charge in [0.15, 0.2) is 0 Å². The third-order valence-corrected chi connectivity index (χ3v) is 6.96. The molecule has 0 aromatic heterocycles. The first-order chi connectivity index (χ1) is 13.0. The first-order valence-electron chi connectivity index (χ1n) is 9.33. The molecule has 4 N–H and O–H groups in total. The molecule has 3 saturated heterocycles. The van der Waals surface area contributed by atoms with Crippen LogP contribution in [0.2, 0.25) is 0 Å². The van der Waals surface area contributed by atoms with Gasteiger partial charge in [0.05, 0.1) is 11.4 Å². The smallest absolute Gasteiger partial charge is 0.250 e. The van der Waals surface area contributed by atoms with Crippen molar-refractivity contribution in [3.05, 3.63) is 35.9 Å². The van der Waals surface area contributed by atoms with E-state index in [2.05, 4.69) is 10.6 Å². The van der Waals surface area contributed by atoms with Gasteiger partial charge < -0.3 is 21.3 Å². The Labute approximate surface area is 162 Å². The lowest BCUT2D eigenvalue weighted by molar-refractivity contribution is -0.141. The van der Waals surface area contributed by atoms with E-state index in [1.807, 2.05) is 30.3 Å². The number of hydrogen-bond acceptors (Lipinski definition) is 5. The van der Waals surface area contributed by atoms with Gasteiger partial charge in [-0.2, -0.15) is 0 Å². The maximum Gasteiger partial charge on any atom is 0.250 e. The fraction of sp³-hybridized carbons (Fsp3) is 0.526. The lowest BCUT2D eigenvalue weighted by atomic mass is 9.88. The molecule has 8 heteroatoms. The summed E-state index contributed by atoms with van der Waals surface area (Å²) in [5.41, 5.74) is 5.46. The van der Waals surface area contributed by atoms with Crippen molar-refractivity contribution < 1.29 is 14.4 Å². The summed E-state index contributed by atoms with van der Waals surface area (Å²) in [5.74, 6) is -0.307. The van der Waals surface area contributed by atoms with Crippen LogP contribution in [0.5, 0.6) is 0 Å². The van der Waals surface area contributed by atoms with Gasteiger partial charge in [-0.25, -0.2) is 0 Å². The first-order valence-corrected chi connectivity index (χ1v) is 10.4. The predicted octanol–water partition coefficient (Wildman–Crippen LogP) is -0.00480. The maximum absolute atomic E-state index is 13.4. The summed E-state index contributed by atoms with van der Waals surface area (Å²) in [6.45, 7) is 0.812. The molecule has 0 unspecified atom stereocenters. The number of nitrogens with two attached hydrogens (primary N) is 1. The Morgan fingerprint density at radius 2 is 2.11 bits per heavy atom. The zero-order valence-electron chi connectivity index (χ0n) is 15.0. The molecule has 4 atom stereocenters. The molecule has 27 heavy (non-hydrogen) atoms. The number of benzene rings is 1. The second-order valence-corrected chi connectivity index (χ2v) is 8.72. The molecule has 1 aromatic rings. The second-order valence-electron chi connectivity index (χ2n) is 7.51. The Hall–Kier alpha value is -2.06. The lowest BCUT2D eigenvalue weighted by Crippen LogP contribution is -2.60. The normalized spacial score (nSPS) is 32.5. The van der Waals surface area contributed by atoms with Gasteiger partial charge in [-0.05, 0) is 24.9 Å². The van der Waals surface area contributed by atoms with Crippen LogP contribution in [-0.2, 0) is 20.8 Å². The zero-order valence-corrected chi connectivity index (χ0v) is 15.8. The van der Waals surface area contributed by atoms with Crippen molar-refractivity contribution in [2.45, 2.75) is 48.7 Å². The number of carbonyl (C=O) groups excluding carboxylic acids is 3. The van der Waals surface area contributed by atoms with E-state index in [-0.39, 0.29) is 23.2 Å². The number of fused-ring (bicyclic) bond motifs is 1. The highest BCUT2D eigenvalue weighted by atomic mass is 32.2. The molecule has 3 aliphatic rings. The van der Waals surface area contributed by atoms with Crippen LogP contribution < -0.4 is 16.4 Å². The number of amides is 3. The largest absolute Gasteiger partial charge is 0.368 e. The molecule has 1 aromatic carbocycles. The highest BCUT2D eigenvalue weighted by Gasteiger charge is 2.58. The van der Waals surface area contributed by atoms with E-state index in [4.69, 9.17) is 5.73 Å². The number of thioether (sulfide) groups is 1. The Morgan fingerprint density at radius 3 is 2.78 bits per heavy atom. The summed E-state index contributed by atoms with van der Waals surface area (Å²) in [7, 11) is 0. The van der Waals surface area contributed by atoms with Crippen molar-refractivity contribution in [1.82, 2.24) is 15.5 Å². The highest BCUT2D eigenvalue weighted by molar-refractivity contribution is 8.00. The average molecular weight is 388 g/mol. The Balaban J connectivity index is 1.63. The molecule has 144 valence electrons. The summed E-state index contributed by atoms with van der Waals surface area (Å²) >= 11 is 1.56. The zero-order chi connectivity index (χ0) is 19.0. The van der Waals surface area contributed by atoms with Crippen LogP contribution in [0, 0.1) is 0 Å². The molecule has 3 amide bonds. The minimum Gasteiger partial charge on any atom is -0.368 e. The maximum atomic E-state index is 13.4.